The van der Waals surface area contributed by atoms with Crippen LogP contribution in [0.25, 0.3) is 5.43 Å². The van der Waals surface area contributed by atoms with Crippen LogP contribution in [0.1, 0.15) is 11.1 Å². The third kappa shape index (κ3) is 2.03. The maximum Gasteiger partial charge on any atom is 0.325 e. The van der Waals surface area contributed by atoms with Crippen molar-refractivity contribution >= 4 is 11.9 Å². The molecule has 86 valence electrons. The molecule has 1 heterocycles. The predicted octanol–water partition coefficient (Wildman–Crippen LogP) is 1.51. The third-order valence-corrected chi connectivity index (χ3v) is 2.32. The zero-order valence-corrected chi connectivity index (χ0v) is 9.45. The van der Waals surface area contributed by atoms with Crippen LogP contribution in [0.4, 0.5) is 4.79 Å². The second-order valence-electron chi connectivity index (χ2n) is 3.54. The number of rotatable bonds is 1. The Morgan fingerprint density at radius 3 is 2.47 bits per heavy atom. The summed E-state index contributed by atoms with van der Waals surface area (Å²) in [6.07, 6.45) is 0. The van der Waals surface area contributed by atoms with E-state index in [2.05, 4.69) is 10.5 Å². The summed E-state index contributed by atoms with van der Waals surface area (Å²) in [5, 5.41) is 15.2. The molecule has 1 aliphatic rings. The van der Waals surface area contributed by atoms with E-state index in [1.807, 2.05) is 6.07 Å². The lowest BCUT2D eigenvalue weighted by atomic mass is 10.1. The standard InChI is InChI=1S/C11H10N5O/c1-15-11(17)16(2)14-10(13-15)9-5-3-8(7-12)4-6-9/h3-6H,1-2H3/q-1. The Balaban J connectivity index is 2.31. The van der Waals surface area contributed by atoms with E-state index in [-0.39, 0.29) is 6.03 Å². The summed E-state index contributed by atoms with van der Waals surface area (Å²) in [5.41, 5.74) is 5.38. The fraction of sp³-hybridized carbons (Fsp3) is 0.182. The van der Waals surface area contributed by atoms with E-state index in [1.54, 1.807) is 38.4 Å². The van der Waals surface area contributed by atoms with Gasteiger partial charge in [0.05, 0.1) is 11.6 Å². The fourth-order valence-electron chi connectivity index (χ4n) is 1.41. The van der Waals surface area contributed by atoms with Gasteiger partial charge in [0, 0.05) is 14.1 Å². The molecular weight excluding hydrogens is 218 g/mol. The molecule has 1 aromatic rings. The SMILES string of the molecule is CN1N=C(c2ccc(C#N)cc2)[N-]N(C)C1=O. The van der Waals surface area contributed by atoms with Crippen molar-refractivity contribution in [3.8, 4) is 6.07 Å². The Morgan fingerprint density at radius 2 is 1.94 bits per heavy atom. The summed E-state index contributed by atoms with van der Waals surface area (Å²) in [7, 11) is 3.13. The van der Waals surface area contributed by atoms with E-state index in [1.165, 1.54) is 10.0 Å². The molecule has 1 aliphatic heterocycles. The molecular formula is C11H10N5O-. The number of hydrazone groups is 1. The average molecular weight is 228 g/mol. The van der Waals surface area contributed by atoms with Gasteiger partial charge >= 0.3 is 6.03 Å². The van der Waals surface area contributed by atoms with Gasteiger partial charge in [-0.05, 0) is 23.5 Å². The van der Waals surface area contributed by atoms with Crippen LogP contribution < -0.4 is 0 Å². The summed E-state index contributed by atoms with van der Waals surface area (Å²) in [6, 6.07) is 8.61. The van der Waals surface area contributed by atoms with E-state index in [9.17, 15) is 4.79 Å². The van der Waals surface area contributed by atoms with Crippen LogP contribution in [0.3, 0.4) is 0 Å². The number of nitriles is 1. The lowest BCUT2D eigenvalue weighted by Crippen LogP contribution is -2.39. The molecule has 0 radical (unpaired) electrons. The summed E-state index contributed by atoms with van der Waals surface area (Å²) in [4.78, 5) is 11.4. The first-order valence-corrected chi connectivity index (χ1v) is 4.94. The molecule has 6 heteroatoms. The lowest BCUT2D eigenvalue weighted by molar-refractivity contribution is 0.183. The Labute approximate surface area is 98.7 Å². The molecule has 0 aliphatic carbocycles. The second-order valence-corrected chi connectivity index (χ2v) is 3.54. The highest BCUT2D eigenvalue weighted by atomic mass is 16.2. The quantitative estimate of drug-likeness (QED) is 0.730. The van der Waals surface area contributed by atoms with Gasteiger partial charge in [-0.1, -0.05) is 12.1 Å². The van der Waals surface area contributed by atoms with Crippen LogP contribution in [-0.2, 0) is 0 Å². The molecule has 0 N–H and O–H groups in total. The van der Waals surface area contributed by atoms with Crippen LogP contribution in [0.2, 0.25) is 0 Å². The number of hydrogen-bond acceptors (Lipinski definition) is 3. The maximum absolute atomic E-state index is 11.4. The van der Waals surface area contributed by atoms with Gasteiger partial charge in [0.2, 0.25) is 0 Å². The van der Waals surface area contributed by atoms with E-state index >= 15 is 0 Å². The van der Waals surface area contributed by atoms with Crippen molar-refractivity contribution in [2.75, 3.05) is 14.1 Å². The number of urea groups is 1. The molecule has 0 saturated heterocycles. The number of nitrogens with zero attached hydrogens (tertiary/aromatic N) is 5. The van der Waals surface area contributed by atoms with Crippen molar-refractivity contribution in [1.82, 2.24) is 10.0 Å². The van der Waals surface area contributed by atoms with E-state index in [0.717, 1.165) is 5.56 Å². The second kappa shape index (κ2) is 4.14. The van der Waals surface area contributed by atoms with Crippen molar-refractivity contribution in [2.45, 2.75) is 0 Å². The number of hydrogen-bond donors (Lipinski definition) is 0. The Bertz CT molecular complexity index is 514. The van der Waals surface area contributed by atoms with Crippen LogP contribution in [0, 0.1) is 11.3 Å². The number of amides is 2. The van der Waals surface area contributed by atoms with Gasteiger partial charge in [0.15, 0.2) is 0 Å². The van der Waals surface area contributed by atoms with Crippen LogP contribution in [0.15, 0.2) is 29.4 Å². The van der Waals surface area contributed by atoms with E-state index < -0.39 is 0 Å². The summed E-state index contributed by atoms with van der Waals surface area (Å²) >= 11 is 0. The monoisotopic (exact) mass is 228 g/mol. The molecule has 17 heavy (non-hydrogen) atoms. The first kappa shape index (κ1) is 11.0. The minimum absolute atomic E-state index is 0.289. The van der Waals surface area contributed by atoms with Gasteiger partial charge in [0.1, 0.15) is 0 Å². The summed E-state index contributed by atoms with van der Waals surface area (Å²) in [5.74, 6) is 0.444. The molecule has 0 saturated carbocycles. The number of carbonyl (C=O) groups excluding carboxylic acids is 1. The normalized spacial score (nSPS) is 15.1. The minimum Gasteiger partial charge on any atom is -0.369 e. The van der Waals surface area contributed by atoms with Gasteiger partial charge in [-0.25, -0.2) is 4.79 Å². The van der Waals surface area contributed by atoms with Gasteiger partial charge in [0.25, 0.3) is 0 Å². The van der Waals surface area contributed by atoms with Gasteiger partial charge in [-0.15, -0.1) is 0 Å². The average Bonchev–Trinajstić information content (AvgIpc) is 2.35. The molecule has 0 spiro atoms. The molecule has 0 bridgehead atoms. The topological polar surface area (TPSA) is 73.8 Å². The van der Waals surface area contributed by atoms with Crippen LogP contribution >= 0.6 is 0 Å². The highest BCUT2D eigenvalue weighted by molar-refractivity contribution is 6.10. The molecule has 2 rings (SSSR count). The van der Waals surface area contributed by atoms with Crippen molar-refractivity contribution in [3.63, 3.8) is 0 Å². The first-order chi connectivity index (χ1) is 8.11. The smallest absolute Gasteiger partial charge is 0.325 e. The van der Waals surface area contributed by atoms with Crippen molar-refractivity contribution < 1.29 is 4.79 Å². The first-order valence-electron chi connectivity index (χ1n) is 4.94. The van der Waals surface area contributed by atoms with Crippen molar-refractivity contribution in [1.29, 1.82) is 5.26 Å². The van der Waals surface area contributed by atoms with Crippen LogP contribution in [-0.4, -0.2) is 36.0 Å². The number of benzene rings is 1. The van der Waals surface area contributed by atoms with E-state index in [4.69, 9.17) is 5.26 Å². The summed E-state index contributed by atoms with van der Waals surface area (Å²) in [6.45, 7) is 0. The highest BCUT2D eigenvalue weighted by Crippen LogP contribution is 2.16. The molecule has 0 aromatic heterocycles. The number of carbonyl (C=O) groups is 1. The van der Waals surface area contributed by atoms with Gasteiger partial charge in [-0.3, -0.25) is 0 Å². The van der Waals surface area contributed by atoms with Crippen molar-refractivity contribution in [3.05, 3.63) is 40.8 Å². The molecule has 1 aromatic carbocycles. The Hall–Kier alpha value is -2.55. The maximum atomic E-state index is 11.4. The highest BCUT2D eigenvalue weighted by Gasteiger charge is 2.13. The minimum atomic E-state index is -0.289. The van der Waals surface area contributed by atoms with Crippen molar-refractivity contribution in [2.24, 2.45) is 5.10 Å². The molecule has 0 unspecified atom stereocenters. The van der Waals surface area contributed by atoms with Gasteiger partial charge < -0.3 is 20.5 Å². The zero-order chi connectivity index (χ0) is 12.4. The largest absolute Gasteiger partial charge is 0.369 e. The number of amidine groups is 1. The van der Waals surface area contributed by atoms with E-state index in [0.29, 0.717) is 11.4 Å². The third-order valence-electron chi connectivity index (χ3n) is 2.32. The summed E-state index contributed by atoms with van der Waals surface area (Å²) < 4.78 is 0. The fourth-order valence-corrected chi connectivity index (χ4v) is 1.41. The lowest BCUT2D eigenvalue weighted by Gasteiger charge is -2.38. The van der Waals surface area contributed by atoms with Gasteiger partial charge in [-0.2, -0.15) is 5.26 Å². The van der Waals surface area contributed by atoms with Crippen LogP contribution in [0.5, 0.6) is 0 Å². The Morgan fingerprint density at radius 1 is 1.29 bits per heavy atom. The molecule has 0 fully saturated rings. The molecule has 6 nitrogen and oxygen atoms in total. The zero-order valence-electron chi connectivity index (χ0n) is 9.45. The Kier molecular flexibility index (Phi) is 2.66. The molecule has 2 amide bonds. The predicted molar refractivity (Wildman–Crippen MR) is 62.0 cm³/mol. The molecule has 0 atom stereocenters.